The van der Waals surface area contributed by atoms with Crippen LogP contribution in [0.5, 0.6) is 0 Å². The van der Waals surface area contributed by atoms with Crippen LogP contribution in [0.2, 0.25) is 0 Å². The minimum atomic E-state index is -3.58. The highest BCUT2D eigenvalue weighted by atomic mass is 32.2. The number of benzene rings is 2. The Hall–Kier alpha value is -2.18. The lowest BCUT2D eigenvalue weighted by Gasteiger charge is -2.21. The molecule has 2 aromatic carbocycles. The molecular weight excluding hydrogens is 336 g/mol. The Kier molecular flexibility index (Phi) is 6.33. The molecule has 0 heterocycles. The Morgan fingerprint density at radius 3 is 2.16 bits per heavy atom. The number of aryl methyl sites for hydroxylation is 2. The van der Waals surface area contributed by atoms with E-state index >= 15 is 0 Å². The molecule has 0 saturated heterocycles. The molecule has 0 atom stereocenters. The van der Waals surface area contributed by atoms with Gasteiger partial charge in [-0.25, -0.2) is 13.1 Å². The van der Waals surface area contributed by atoms with E-state index in [0.29, 0.717) is 0 Å². The van der Waals surface area contributed by atoms with E-state index in [1.165, 1.54) is 12.5 Å². The zero-order chi connectivity index (χ0) is 18.4. The number of carbonyl (C=O) groups excluding carboxylic acids is 1. The minimum Gasteiger partial charge on any atom is -0.311 e. The fourth-order valence-corrected chi connectivity index (χ4v) is 3.49. The highest BCUT2D eigenvalue weighted by Gasteiger charge is 2.16. The number of sulfonamides is 1. The van der Waals surface area contributed by atoms with Gasteiger partial charge in [-0.05, 0) is 43.2 Å². The molecule has 6 heteroatoms. The molecule has 1 N–H and O–H groups in total. The molecular formula is C19H24N2O3S. The number of anilines is 1. The van der Waals surface area contributed by atoms with Crippen molar-refractivity contribution in [3.63, 3.8) is 0 Å². The molecule has 0 fully saturated rings. The monoisotopic (exact) mass is 360 g/mol. The van der Waals surface area contributed by atoms with E-state index in [1.54, 1.807) is 29.2 Å². The van der Waals surface area contributed by atoms with Gasteiger partial charge in [0.25, 0.3) is 0 Å². The van der Waals surface area contributed by atoms with Crippen LogP contribution in [0.4, 0.5) is 5.69 Å². The average Bonchev–Trinajstić information content (AvgIpc) is 2.59. The Balaban J connectivity index is 2.03. The fraction of sp³-hybridized carbons (Fsp3) is 0.316. The van der Waals surface area contributed by atoms with E-state index in [-0.39, 0.29) is 23.9 Å². The molecule has 0 unspecified atom stereocenters. The van der Waals surface area contributed by atoms with Crippen molar-refractivity contribution in [2.75, 3.05) is 18.0 Å². The van der Waals surface area contributed by atoms with Crippen LogP contribution in [0, 0.1) is 6.92 Å². The van der Waals surface area contributed by atoms with Gasteiger partial charge in [-0.1, -0.05) is 36.8 Å². The van der Waals surface area contributed by atoms with Crippen molar-refractivity contribution < 1.29 is 13.2 Å². The zero-order valence-electron chi connectivity index (χ0n) is 14.8. The predicted octanol–water partition coefficient (Wildman–Crippen LogP) is 2.89. The third-order valence-electron chi connectivity index (χ3n) is 4.00. The molecule has 134 valence electrons. The summed E-state index contributed by atoms with van der Waals surface area (Å²) in [5, 5.41) is 0. The van der Waals surface area contributed by atoms with Crippen LogP contribution in [0.15, 0.2) is 53.4 Å². The summed E-state index contributed by atoms with van der Waals surface area (Å²) < 4.78 is 27.2. The standard InChI is InChI=1S/C19H24N2O3S/c1-4-17-7-9-18(10-8-17)21(16(3)22)14-13-20-25(23,24)19-11-5-15(2)6-12-19/h5-12,20H,4,13-14H2,1-3H3. The molecule has 5 nitrogen and oxygen atoms in total. The molecule has 25 heavy (non-hydrogen) atoms. The van der Waals surface area contributed by atoms with Crippen molar-refractivity contribution in [1.29, 1.82) is 0 Å². The third-order valence-corrected chi connectivity index (χ3v) is 5.47. The second-order valence-electron chi connectivity index (χ2n) is 5.90. The number of carbonyl (C=O) groups is 1. The van der Waals surface area contributed by atoms with Crippen LogP contribution < -0.4 is 9.62 Å². The molecule has 0 aromatic heterocycles. The van der Waals surface area contributed by atoms with Crippen molar-refractivity contribution in [2.24, 2.45) is 0 Å². The molecule has 0 spiro atoms. The highest BCUT2D eigenvalue weighted by molar-refractivity contribution is 7.89. The van der Waals surface area contributed by atoms with Gasteiger partial charge in [0.2, 0.25) is 15.9 Å². The normalized spacial score (nSPS) is 11.3. The van der Waals surface area contributed by atoms with Crippen molar-refractivity contribution in [3.8, 4) is 0 Å². The van der Waals surface area contributed by atoms with Gasteiger partial charge in [0.15, 0.2) is 0 Å². The third kappa shape index (κ3) is 5.14. The van der Waals surface area contributed by atoms with Crippen LogP contribution in [-0.2, 0) is 21.2 Å². The van der Waals surface area contributed by atoms with E-state index in [0.717, 1.165) is 17.7 Å². The van der Waals surface area contributed by atoms with Crippen LogP contribution in [0.1, 0.15) is 25.0 Å². The zero-order valence-corrected chi connectivity index (χ0v) is 15.6. The van der Waals surface area contributed by atoms with E-state index in [9.17, 15) is 13.2 Å². The van der Waals surface area contributed by atoms with Gasteiger partial charge < -0.3 is 4.90 Å². The van der Waals surface area contributed by atoms with Gasteiger partial charge in [0.1, 0.15) is 0 Å². The number of amides is 1. The summed E-state index contributed by atoms with van der Waals surface area (Å²) in [6.07, 6.45) is 0.927. The summed E-state index contributed by atoms with van der Waals surface area (Å²) >= 11 is 0. The van der Waals surface area contributed by atoms with Crippen LogP contribution >= 0.6 is 0 Å². The predicted molar refractivity (Wildman–Crippen MR) is 100 cm³/mol. The number of hydrogen-bond donors (Lipinski definition) is 1. The lowest BCUT2D eigenvalue weighted by molar-refractivity contribution is -0.116. The summed E-state index contributed by atoms with van der Waals surface area (Å²) in [6, 6.07) is 14.4. The first kappa shape index (κ1) is 19.1. The van der Waals surface area contributed by atoms with E-state index in [4.69, 9.17) is 0 Å². The fourth-order valence-electron chi connectivity index (χ4n) is 2.47. The first-order valence-electron chi connectivity index (χ1n) is 8.27. The largest absolute Gasteiger partial charge is 0.311 e. The van der Waals surface area contributed by atoms with Crippen molar-refractivity contribution in [1.82, 2.24) is 4.72 Å². The Morgan fingerprint density at radius 2 is 1.64 bits per heavy atom. The maximum Gasteiger partial charge on any atom is 0.240 e. The minimum absolute atomic E-state index is 0.126. The molecule has 0 aliphatic rings. The Morgan fingerprint density at radius 1 is 1.04 bits per heavy atom. The first-order valence-corrected chi connectivity index (χ1v) is 9.75. The van der Waals surface area contributed by atoms with Gasteiger partial charge in [0, 0.05) is 25.7 Å². The number of rotatable bonds is 7. The van der Waals surface area contributed by atoms with E-state index in [2.05, 4.69) is 11.6 Å². The SMILES string of the molecule is CCc1ccc(N(CCNS(=O)(=O)c2ccc(C)cc2)C(C)=O)cc1. The number of nitrogens with zero attached hydrogens (tertiary/aromatic N) is 1. The number of nitrogens with one attached hydrogen (secondary N) is 1. The number of hydrogen-bond acceptors (Lipinski definition) is 3. The van der Waals surface area contributed by atoms with Crippen molar-refractivity contribution in [2.45, 2.75) is 32.1 Å². The highest BCUT2D eigenvalue weighted by Crippen LogP contribution is 2.16. The Bertz CT molecular complexity index is 813. The lowest BCUT2D eigenvalue weighted by Crippen LogP contribution is -2.37. The van der Waals surface area contributed by atoms with Crippen molar-refractivity contribution >= 4 is 21.6 Å². The molecule has 0 radical (unpaired) electrons. The van der Waals surface area contributed by atoms with E-state index in [1.807, 2.05) is 31.2 Å². The first-order chi connectivity index (χ1) is 11.8. The lowest BCUT2D eigenvalue weighted by atomic mass is 10.1. The molecule has 2 aromatic rings. The molecule has 0 bridgehead atoms. The van der Waals surface area contributed by atoms with Gasteiger partial charge in [-0.15, -0.1) is 0 Å². The average molecular weight is 360 g/mol. The second kappa shape index (κ2) is 8.27. The summed E-state index contributed by atoms with van der Waals surface area (Å²) in [6.45, 7) is 5.86. The van der Waals surface area contributed by atoms with E-state index < -0.39 is 10.0 Å². The second-order valence-corrected chi connectivity index (χ2v) is 7.67. The maximum absolute atomic E-state index is 12.3. The quantitative estimate of drug-likeness (QED) is 0.826. The summed E-state index contributed by atoms with van der Waals surface area (Å²) in [7, 11) is -3.58. The molecule has 0 saturated carbocycles. The van der Waals surface area contributed by atoms with Crippen LogP contribution in [0.3, 0.4) is 0 Å². The van der Waals surface area contributed by atoms with Gasteiger partial charge in [-0.2, -0.15) is 0 Å². The molecule has 1 amide bonds. The van der Waals surface area contributed by atoms with Crippen LogP contribution in [-0.4, -0.2) is 27.4 Å². The van der Waals surface area contributed by atoms with Gasteiger partial charge in [0.05, 0.1) is 4.90 Å². The van der Waals surface area contributed by atoms with Crippen molar-refractivity contribution in [3.05, 3.63) is 59.7 Å². The van der Waals surface area contributed by atoms with Crippen LogP contribution in [0.25, 0.3) is 0 Å². The van der Waals surface area contributed by atoms with Gasteiger partial charge >= 0.3 is 0 Å². The smallest absolute Gasteiger partial charge is 0.240 e. The summed E-state index contributed by atoms with van der Waals surface area (Å²) in [4.78, 5) is 13.7. The maximum atomic E-state index is 12.3. The molecule has 2 rings (SSSR count). The Labute approximate surface area is 149 Å². The summed E-state index contributed by atoms with van der Waals surface area (Å²) in [5.74, 6) is -0.126. The molecule has 0 aliphatic heterocycles. The summed E-state index contributed by atoms with van der Waals surface area (Å²) in [5.41, 5.74) is 2.95. The van der Waals surface area contributed by atoms with Gasteiger partial charge in [-0.3, -0.25) is 4.79 Å². The topological polar surface area (TPSA) is 66.5 Å². The molecule has 0 aliphatic carbocycles.